The molecule has 0 atom stereocenters. The maximum absolute atomic E-state index is 13.1. The van der Waals surface area contributed by atoms with Gasteiger partial charge in [0.15, 0.2) is 0 Å². The third-order valence-electron chi connectivity index (χ3n) is 4.85. The van der Waals surface area contributed by atoms with Gasteiger partial charge < -0.3 is 15.4 Å². The van der Waals surface area contributed by atoms with Crippen LogP contribution in [0.2, 0.25) is 0 Å². The Morgan fingerprint density at radius 3 is 2.52 bits per heavy atom. The summed E-state index contributed by atoms with van der Waals surface area (Å²) in [4.78, 5) is 12.3. The minimum atomic E-state index is -3.65. The molecule has 1 heterocycles. The van der Waals surface area contributed by atoms with Crippen LogP contribution in [0.15, 0.2) is 47.4 Å². The lowest BCUT2D eigenvalue weighted by Crippen LogP contribution is -2.35. The molecule has 29 heavy (non-hydrogen) atoms. The van der Waals surface area contributed by atoms with Gasteiger partial charge in [-0.15, -0.1) is 0 Å². The van der Waals surface area contributed by atoms with E-state index in [1.165, 1.54) is 17.5 Å². The number of methoxy groups -OCH3 is 1. The second-order valence-electron chi connectivity index (χ2n) is 7.10. The zero-order valence-electron chi connectivity index (χ0n) is 16.8. The number of aryl methyl sites for hydroxylation is 1. The zero-order valence-corrected chi connectivity index (χ0v) is 17.6. The first kappa shape index (κ1) is 21.1. The van der Waals surface area contributed by atoms with Gasteiger partial charge in [-0.25, -0.2) is 8.42 Å². The van der Waals surface area contributed by atoms with Crippen LogP contribution in [0, 0.1) is 6.92 Å². The monoisotopic (exact) mass is 417 g/mol. The maximum Gasteiger partial charge on any atom is 0.246 e. The van der Waals surface area contributed by atoms with Gasteiger partial charge >= 0.3 is 0 Å². The van der Waals surface area contributed by atoms with Crippen LogP contribution in [0.25, 0.3) is 0 Å². The number of nitrogens with zero attached hydrogens (tertiary/aromatic N) is 1. The van der Waals surface area contributed by atoms with Crippen LogP contribution >= 0.6 is 0 Å². The van der Waals surface area contributed by atoms with E-state index in [-0.39, 0.29) is 17.3 Å². The second kappa shape index (κ2) is 9.28. The normalized spacial score (nSPS) is 15.0. The van der Waals surface area contributed by atoms with Crippen molar-refractivity contribution in [2.45, 2.75) is 31.1 Å². The minimum Gasteiger partial charge on any atom is -0.495 e. The maximum atomic E-state index is 13.1. The van der Waals surface area contributed by atoms with E-state index in [0.717, 1.165) is 30.5 Å². The molecule has 0 aliphatic carbocycles. The summed E-state index contributed by atoms with van der Waals surface area (Å²) in [6, 6.07) is 12.4. The van der Waals surface area contributed by atoms with E-state index >= 15 is 0 Å². The molecule has 2 aromatic carbocycles. The number of carbonyl (C=O) groups excluding carboxylic acids is 1. The molecule has 1 amide bonds. The number of sulfonamides is 1. The molecule has 156 valence electrons. The van der Waals surface area contributed by atoms with Gasteiger partial charge in [-0.05, 0) is 55.7 Å². The first-order valence-corrected chi connectivity index (χ1v) is 11.1. The Labute approximate surface area is 172 Å². The summed E-state index contributed by atoms with van der Waals surface area (Å²) in [7, 11) is -2.20. The third-order valence-corrected chi connectivity index (χ3v) is 6.77. The standard InChI is InChI=1S/C21H27N3O4S/c1-16-7-6-8-18(13-16)23-21(25)15-22-17-9-10-19(28-2)20(14-17)29(26,27)24-11-4-3-5-12-24/h6-10,13-14,22H,3-5,11-12,15H2,1-2H3,(H,23,25). The Morgan fingerprint density at radius 2 is 1.83 bits per heavy atom. The number of benzene rings is 2. The van der Waals surface area contributed by atoms with Crippen molar-refractivity contribution in [3.63, 3.8) is 0 Å². The molecule has 1 fully saturated rings. The van der Waals surface area contributed by atoms with Gasteiger partial charge in [-0.1, -0.05) is 18.6 Å². The number of carbonyl (C=O) groups is 1. The largest absolute Gasteiger partial charge is 0.495 e. The minimum absolute atomic E-state index is 0.0173. The molecule has 2 aromatic rings. The van der Waals surface area contributed by atoms with Gasteiger partial charge in [0.2, 0.25) is 15.9 Å². The topological polar surface area (TPSA) is 87.7 Å². The predicted octanol–water partition coefficient (Wildman–Crippen LogP) is 3.23. The van der Waals surface area contributed by atoms with Crippen molar-refractivity contribution < 1.29 is 17.9 Å². The van der Waals surface area contributed by atoms with Crippen LogP contribution in [0.5, 0.6) is 5.75 Å². The van der Waals surface area contributed by atoms with Crippen molar-refractivity contribution >= 4 is 27.3 Å². The van der Waals surface area contributed by atoms with Crippen molar-refractivity contribution in [2.75, 3.05) is 37.4 Å². The van der Waals surface area contributed by atoms with Crippen molar-refractivity contribution in [3.05, 3.63) is 48.0 Å². The van der Waals surface area contributed by atoms with E-state index in [1.54, 1.807) is 12.1 Å². The van der Waals surface area contributed by atoms with Gasteiger partial charge in [-0.3, -0.25) is 4.79 Å². The SMILES string of the molecule is COc1ccc(NCC(=O)Nc2cccc(C)c2)cc1S(=O)(=O)N1CCCCC1. The third kappa shape index (κ3) is 5.27. The fourth-order valence-corrected chi connectivity index (χ4v) is 5.04. The lowest BCUT2D eigenvalue weighted by Gasteiger charge is -2.26. The van der Waals surface area contributed by atoms with E-state index < -0.39 is 10.0 Å². The summed E-state index contributed by atoms with van der Waals surface area (Å²) in [5.41, 5.74) is 2.32. The summed E-state index contributed by atoms with van der Waals surface area (Å²) in [5, 5.41) is 5.81. The average molecular weight is 418 g/mol. The summed E-state index contributed by atoms with van der Waals surface area (Å²) in [5.74, 6) is 0.0807. The highest BCUT2D eigenvalue weighted by Gasteiger charge is 2.29. The fraction of sp³-hybridized carbons (Fsp3) is 0.381. The van der Waals surface area contributed by atoms with Crippen molar-refractivity contribution in [3.8, 4) is 5.75 Å². The van der Waals surface area contributed by atoms with Crippen molar-refractivity contribution in [2.24, 2.45) is 0 Å². The van der Waals surface area contributed by atoms with Gasteiger partial charge in [0.25, 0.3) is 0 Å². The quantitative estimate of drug-likeness (QED) is 0.722. The van der Waals surface area contributed by atoms with Gasteiger partial charge in [0, 0.05) is 24.5 Å². The van der Waals surface area contributed by atoms with Crippen LogP contribution in [0.3, 0.4) is 0 Å². The van der Waals surface area contributed by atoms with E-state index in [2.05, 4.69) is 10.6 Å². The Balaban J connectivity index is 1.72. The molecule has 3 rings (SSSR count). The summed E-state index contributed by atoms with van der Waals surface area (Å²) < 4.78 is 32.9. The van der Waals surface area contributed by atoms with E-state index in [4.69, 9.17) is 4.74 Å². The molecule has 1 aliphatic heterocycles. The molecule has 0 bridgehead atoms. The molecule has 1 saturated heterocycles. The Hall–Kier alpha value is -2.58. The molecule has 8 heteroatoms. The number of hydrogen-bond acceptors (Lipinski definition) is 5. The number of ether oxygens (including phenoxy) is 1. The zero-order chi connectivity index (χ0) is 20.9. The highest BCUT2D eigenvalue weighted by molar-refractivity contribution is 7.89. The van der Waals surface area contributed by atoms with Crippen LogP contribution < -0.4 is 15.4 Å². The first-order valence-electron chi connectivity index (χ1n) is 9.69. The van der Waals surface area contributed by atoms with Crippen LogP contribution in [-0.2, 0) is 14.8 Å². The van der Waals surface area contributed by atoms with Crippen molar-refractivity contribution in [1.29, 1.82) is 0 Å². The Kier molecular flexibility index (Phi) is 6.76. The Morgan fingerprint density at radius 1 is 1.07 bits per heavy atom. The fourth-order valence-electron chi connectivity index (χ4n) is 3.34. The summed E-state index contributed by atoms with van der Waals surface area (Å²) in [6.07, 6.45) is 2.76. The molecule has 1 aliphatic rings. The summed E-state index contributed by atoms with van der Waals surface area (Å²) in [6.45, 7) is 3.00. The first-order chi connectivity index (χ1) is 13.9. The highest BCUT2D eigenvalue weighted by atomic mass is 32.2. The van der Waals surface area contributed by atoms with Crippen LogP contribution in [0.4, 0.5) is 11.4 Å². The van der Waals surface area contributed by atoms with Gasteiger partial charge in [0.1, 0.15) is 10.6 Å². The average Bonchev–Trinajstić information content (AvgIpc) is 2.72. The molecule has 0 spiro atoms. The molecule has 0 unspecified atom stereocenters. The number of hydrogen-bond donors (Lipinski definition) is 2. The van der Waals surface area contributed by atoms with E-state index in [1.807, 2.05) is 31.2 Å². The van der Waals surface area contributed by atoms with Crippen molar-refractivity contribution in [1.82, 2.24) is 4.31 Å². The molecule has 2 N–H and O–H groups in total. The summed E-state index contributed by atoms with van der Waals surface area (Å²) >= 11 is 0. The predicted molar refractivity (Wildman–Crippen MR) is 114 cm³/mol. The molecular formula is C21H27N3O4S. The lowest BCUT2D eigenvalue weighted by molar-refractivity contribution is -0.114. The van der Waals surface area contributed by atoms with Gasteiger partial charge in [0.05, 0.1) is 13.7 Å². The van der Waals surface area contributed by atoms with E-state index in [9.17, 15) is 13.2 Å². The number of rotatable bonds is 7. The Bertz CT molecular complexity index is 970. The number of anilines is 2. The number of piperidine rings is 1. The number of nitrogens with one attached hydrogen (secondary N) is 2. The molecule has 0 radical (unpaired) electrons. The molecule has 0 saturated carbocycles. The van der Waals surface area contributed by atoms with Crippen LogP contribution in [0.1, 0.15) is 24.8 Å². The molecule has 0 aromatic heterocycles. The molecular weight excluding hydrogens is 390 g/mol. The number of amides is 1. The second-order valence-corrected chi connectivity index (χ2v) is 9.01. The highest BCUT2D eigenvalue weighted by Crippen LogP contribution is 2.31. The smallest absolute Gasteiger partial charge is 0.246 e. The molecule has 7 nitrogen and oxygen atoms in total. The lowest BCUT2D eigenvalue weighted by atomic mass is 10.2. The van der Waals surface area contributed by atoms with Crippen LogP contribution in [-0.4, -0.2) is 45.4 Å². The van der Waals surface area contributed by atoms with Gasteiger partial charge in [-0.2, -0.15) is 4.31 Å². The van der Waals surface area contributed by atoms with E-state index in [0.29, 0.717) is 24.5 Å².